The van der Waals surface area contributed by atoms with E-state index in [0.717, 1.165) is 16.7 Å². The zero-order valence-corrected chi connectivity index (χ0v) is 17.5. The SMILES string of the molecule is O=C(O)CCc1cc(CCNS(=O)(=O)c2ccc(Cl)cc2)ccc1CCO[N+](=O)[O-]. The molecule has 0 aliphatic rings. The van der Waals surface area contributed by atoms with Crippen molar-refractivity contribution in [3.8, 4) is 0 Å². The summed E-state index contributed by atoms with van der Waals surface area (Å²) in [7, 11) is -3.67. The highest BCUT2D eigenvalue weighted by Crippen LogP contribution is 2.17. The maximum atomic E-state index is 12.3. The van der Waals surface area contributed by atoms with E-state index in [1.807, 2.05) is 0 Å². The summed E-state index contributed by atoms with van der Waals surface area (Å²) in [6, 6.07) is 11.1. The summed E-state index contributed by atoms with van der Waals surface area (Å²) in [5.74, 6) is -0.955. The third-order valence-corrected chi connectivity index (χ3v) is 6.01. The summed E-state index contributed by atoms with van der Waals surface area (Å²) >= 11 is 5.77. The molecule has 2 aromatic rings. The van der Waals surface area contributed by atoms with E-state index in [1.54, 1.807) is 18.2 Å². The summed E-state index contributed by atoms with van der Waals surface area (Å²) in [5, 5.41) is 18.8. The summed E-state index contributed by atoms with van der Waals surface area (Å²) < 4.78 is 27.1. The van der Waals surface area contributed by atoms with E-state index in [4.69, 9.17) is 16.7 Å². The summed E-state index contributed by atoms with van der Waals surface area (Å²) in [6.07, 6.45) is 0.821. The van der Waals surface area contributed by atoms with E-state index >= 15 is 0 Å². The Bertz CT molecular complexity index is 994. The van der Waals surface area contributed by atoms with Crippen molar-refractivity contribution in [3.63, 3.8) is 0 Å². The Hall–Kier alpha value is -2.69. The molecule has 0 bridgehead atoms. The molecule has 0 aromatic heterocycles. The molecule has 0 saturated heterocycles. The number of halogens is 1. The molecule has 162 valence electrons. The van der Waals surface area contributed by atoms with Crippen LogP contribution in [0, 0.1) is 10.1 Å². The number of aryl methyl sites for hydroxylation is 1. The van der Waals surface area contributed by atoms with Crippen LogP contribution >= 0.6 is 11.6 Å². The second-order valence-electron chi connectivity index (χ2n) is 6.41. The van der Waals surface area contributed by atoms with Gasteiger partial charge in [0, 0.05) is 18.0 Å². The number of hydrogen-bond acceptors (Lipinski definition) is 6. The molecule has 2 aromatic carbocycles. The molecule has 0 saturated carbocycles. The minimum Gasteiger partial charge on any atom is -0.481 e. The molecular weight excluding hydrogens is 436 g/mol. The van der Waals surface area contributed by atoms with Gasteiger partial charge in [-0.1, -0.05) is 29.8 Å². The summed E-state index contributed by atoms with van der Waals surface area (Å²) in [4.78, 5) is 25.7. The maximum absolute atomic E-state index is 12.3. The van der Waals surface area contributed by atoms with Crippen molar-refractivity contribution in [2.24, 2.45) is 0 Å². The largest absolute Gasteiger partial charge is 0.481 e. The standard InChI is InChI=1S/C19H21ClN2O7S/c20-17-4-6-18(7-5-17)30(27,28)21-11-9-14-1-2-15(10-12-29-22(25)26)16(13-14)3-8-19(23)24/h1-2,4-7,13,21H,3,8-12H2,(H,23,24). The molecule has 2 N–H and O–H groups in total. The van der Waals surface area contributed by atoms with Crippen molar-refractivity contribution in [2.75, 3.05) is 13.2 Å². The predicted octanol–water partition coefficient (Wildman–Crippen LogP) is 2.63. The fourth-order valence-corrected chi connectivity index (χ4v) is 3.97. The van der Waals surface area contributed by atoms with Gasteiger partial charge in [-0.15, -0.1) is 10.1 Å². The summed E-state index contributed by atoms with van der Waals surface area (Å²) in [6.45, 7) is 0.0143. The van der Waals surface area contributed by atoms with Crippen molar-refractivity contribution >= 4 is 27.6 Å². The fraction of sp³-hybridized carbons (Fsp3) is 0.316. The summed E-state index contributed by atoms with van der Waals surface area (Å²) in [5.41, 5.74) is 2.30. The number of nitrogens with zero attached hydrogens (tertiary/aromatic N) is 1. The number of carbonyl (C=O) groups is 1. The van der Waals surface area contributed by atoms with Crippen LogP contribution in [0.4, 0.5) is 0 Å². The number of nitrogens with one attached hydrogen (secondary N) is 1. The highest BCUT2D eigenvalue weighted by Gasteiger charge is 2.13. The van der Waals surface area contributed by atoms with Crippen LogP contribution in [0.1, 0.15) is 23.1 Å². The third kappa shape index (κ3) is 7.62. The van der Waals surface area contributed by atoms with Gasteiger partial charge in [0.05, 0.1) is 4.90 Å². The van der Waals surface area contributed by atoms with Gasteiger partial charge in [0.25, 0.3) is 5.09 Å². The first-order valence-electron chi connectivity index (χ1n) is 9.02. The molecule has 0 fully saturated rings. The van der Waals surface area contributed by atoms with Gasteiger partial charge in [-0.25, -0.2) is 13.1 Å². The normalized spacial score (nSPS) is 11.2. The van der Waals surface area contributed by atoms with Gasteiger partial charge in [-0.05, 0) is 60.2 Å². The van der Waals surface area contributed by atoms with Gasteiger partial charge < -0.3 is 9.94 Å². The lowest BCUT2D eigenvalue weighted by Crippen LogP contribution is -2.26. The molecule has 0 heterocycles. The maximum Gasteiger partial charge on any atom is 0.303 e. The van der Waals surface area contributed by atoms with Crippen LogP contribution in [0.25, 0.3) is 0 Å². The lowest BCUT2D eigenvalue weighted by Gasteiger charge is -2.12. The van der Waals surface area contributed by atoms with Gasteiger partial charge >= 0.3 is 5.97 Å². The van der Waals surface area contributed by atoms with Crippen LogP contribution in [0.2, 0.25) is 5.02 Å². The number of carboxylic acids is 1. The second kappa shape index (κ2) is 10.9. The lowest BCUT2D eigenvalue weighted by atomic mass is 9.97. The Morgan fingerprint density at radius 2 is 1.80 bits per heavy atom. The van der Waals surface area contributed by atoms with Crippen LogP contribution in [0.5, 0.6) is 0 Å². The highest BCUT2D eigenvalue weighted by molar-refractivity contribution is 7.89. The van der Waals surface area contributed by atoms with Crippen LogP contribution in [-0.4, -0.2) is 37.7 Å². The molecule has 0 aliphatic heterocycles. The van der Waals surface area contributed by atoms with E-state index < -0.39 is 21.1 Å². The third-order valence-electron chi connectivity index (χ3n) is 4.28. The van der Waals surface area contributed by atoms with Crippen LogP contribution < -0.4 is 4.72 Å². The number of aliphatic carboxylic acids is 1. The van der Waals surface area contributed by atoms with E-state index in [1.165, 1.54) is 24.3 Å². The first-order chi connectivity index (χ1) is 14.2. The van der Waals surface area contributed by atoms with Crippen molar-refractivity contribution in [1.82, 2.24) is 4.72 Å². The van der Waals surface area contributed by atoms with Gasteiger partial charge in [0.15, 0.2) is 0 Å². The minimum absolute atomic E-state index is 0.0876. The second-order valence-corrected chi connectivity index (χ2v) is 8.61. The number of hydrogen-bond donors (Lipinski definition) is 2. The first-order valence-corrected chi connectivity index (χ1v) is 10.9. The van der Waals surface area contributed by atoms with Crippen molar-refractivity contribution in [1.29, 1.82) is 0 Å². The zero-order valence-electron chi connectivity index (χ0n) is 15.9. The minimum atomic E-state index is -3.67. The molecule has 9 nitrogen and oxygen atoms in total. The zero-order chi connectivity index (χ0) is 22.1. The molecular formula is C19H21ClN2O7S. The molecule has 0 amide bonds. The highest BCUT2D eigenvalue weighted by atomic mass is 35.5. The molecule has 11 heteroatoms. The van der Waals surface area contributed by atoms with Gasteiger partial charge in [0.1, 0.15) is 6.61 Å². The average molecular weight is 457 g/mol. The molecule has 2 rings (SSSR count). The van der Waals surface area contributed by atoms with E-state index in [-0.39, 0.29) is 37.3 Å². The monoisotopic (exact) mass is 456 g/mol. The van der Waals surface area contributed by atoms with Crippen molar-refractivity contribution in [3.05, 3.63) is 74.3 Å². The van der Waals surface area contributed by atoms with E-state index in [9.17, 15) is 23.3 Å². The van der Waals surface area contributed by atoms with Crippen LogP contribution in [-0.2, 0) is 38.9 Å². The molecule has 0 radical (unpaired) electrons. The van der Waals surface area contributed by atoms with Crippen LogP contribution in [0.15, 0.2) is 47.4 Å². The average Bonchev–Trinajstić information content (AvgIpc) is 2.67. The number of sulfonamides is 1. The van der Waals surface area contributed by atoms with Gasteiger partial charge in [0.2, 0.25) is 10.0 Å². The quantitative estimate of drug-likeness (QED) is 0.370. The molecule has 0 atom stereocenters. The van der Waals surface area contributed by atoms with Crippen LogP contribution in [0.3, 0.4) is 0 Å². The Labute approximate surface area is 178 Å². The first kappa shape index (κ1) is 23.6. The predicted molar refractivity (Wildman–Crippen MR) is 109 cm³/mol. The molecule has 30 heavy (non-hydrogen) atoms. The smallest absolute Gasteiger partial charge is 0.303 e. The Kier molecular flexibility index (Phi) is 8.58. The van der Waals surface area contributed by atoms with Crippen molar-refractivity contribution in [2.45, 2.75) is 30.6 Å². The van der Waals surface area contributed by atoms with E-state index in [0.29, 0.717) is 11.4 Å². The van der Waals surface area contributed by atoms with E-state index in [2.05, 4.69) is 9.56 Å². The molecule has 0 spiro atoms. The fourth-order valence-electron chi connectivity index (χ4n) is 2.81. The number of carboxylic acid groups (broad SMARTS) is 1. The number of benzene rings is 2. The Morgan fingerprint density at radius 1 is 1.10 bits per heavy atom. The molecule has 0 unspecified atom stereocenters. The lowest BCUT2D eigenvalue weighted by molar-refractivity contribution is -0.757. The Morgan fingerprint density at radius 3 is 2.43 bits per heavy atom. The van der Waals surface area contributed by atoms with Gasteiger partial charge in [-0.3, -0.25) is 4.79 Å². The Balaban J connectivity index is 2.03. The molecule has 0 aliphatic carbocycles. The van der Waals surface area contributed by atoms with Crippen molar-refractivity contribution < 1.29 is 28.2 Å². The van der Waals surface area contributed by atoms with Gasteiger partial charge in [-0.2, -0.15) is 0 Å². The number of rotatable bonds is 12. The topological polar surface area (TPSA) is 136 Å².